The molecule has 134 valence electrons. The zero-order chi connectivity index (χ0) is 18.7. The van der Waals surface area contributed by atoms with Gasteiger partial charge in [-0.15, -0.1) is 0 Å². The summed E-state index contributed by atoms with van der Waals surface area (Å²) in [5, 5.41) is 19.6. The van der Waals surface area contributed by atoms with Crippen molar-refractivity contribution in [3.8, 4) is 0 Å². The zero-order valence-corrected chi connectivity index (χ0v) is 13.8. The molecule has 0 saturated carbocycles. The molecular formula is C17H16FN5O3. The van der Waals surface area contributed by atoms with Gasteiger partial charge in [0.1, 0.15) is 11.9 Å². The van der Waals surface area contributed by atoms with Crippen LogP contribution in [-0.4, -0.2) is 36.5 Å². The number of nitrogens with one attached hydrogen (secondary N) is 1. The Morgan fingerprint density at radius 1 is 1.15 bits per heavy atom. The fourth-order valence-electron chi connectivity index (χ4n) is 2.31. The van der Waals surface area contributed by atoms with Crippen molar-refractivity contribution in [2.45, 2.75) is 19.5 Å². The molecule has 8 nitrogen and oxygen atoms in total. The fourth-order valence-corrected chi connectivity index (χ4v) is 2.31. The molecule has 9 heteroatoms. The fraction of sp³-hybridized carbons (Fsp3) is 0.176. The molecule has 0 saturated heterocycles. The first kappa shape index (κ1) is 17.3. The van der Waals surface area contributed by atoms with Gasteiger partial charge in [-0.2, -0.15) is 10.2 Å². The van der Waals surface area contributed by atoms with Crippen LogP contribution in [-0.2, 0) is 11.3 Å². The van der Waals surface area contributed by atoms with Crippen molar-refractivity contribution < 1.29 is 19.1 Å². The van der Waals surface area contributed by atoms with E-state index in [2.05, 4.69) is 15.5 Å². The molecule has 0 bridgehead atoms. The summed E-state index contributed by atoms with van der Waals surface area (Å²) in [4.78, 5) is 23.1. The van der Waals surface area contributed by atoms with Crippen LogP contribution in [0.3, 0.4) is 0 Å². The molecule has 0 aliphatic carbocycles. The minimum atomic E-state index is -1.16. The molecule has 0 aliphatic heterocycles. The van der Waals surface area contributed by atoms with Crippen LogP contribution in [0.2, 0.25) is 0 Å². The van der Waals surface area contributed by atoms with Gasteiger partial charge in [0, 0.05) is 18.5 Å². The molecule has 1 atom stereocenters. The second-order valence-corrected chi connectivity index (χ2v) is 5.68. The van der Waals surface area contributed by atoms with Crippen LogP contribution in [0.1, 0.15) is 29.0 Å². The van der Waals surface area contributed by atoms with E-state index in [1.165, 1.54) is 29.1 Å². The lowest BCUT2D eigenvalue weighted by molar-refractivity contribution is -0.119. The number of hydrogen-bond acceptors (Lipinski definition) is 4. The van der Waals surface area contributed by atoms with Crippen LogP contribution in [0.5, 0.6) is 0 Å². The summed E-state index contributed by atoms with van der Waals surface area (Å²) >= 11 is 0. The molecular weight excluding hydrogens is 341 g/mol. The third kappa shape index (κ3) is 3.94. The number of carbonyl (C=O) groups excluding carboxylic acids is 1. The van der Waals surface area contributed by atoms with Crippen molar-refractivity contribution in [1.29, 1.82) is 0 Å². The number of halogens is 1. The number of carboxylic acid groups (broad SMARTS) is 1. The zero-order valence-electron chi connectivity index (χ0n) is 13.8. The standard InChI is InChI=1S/C17H16FN5O3/c1-11(23-9-6-14(20-23)17(25)26)16(24)19-15-7-8-22(21-15)10-12-2-4-13(18)5-3-12/h2-9,11H,10H2,1H3,(H,25,26)(H,19,21,24). The Morgan fingerprint density at radius 3 is 2.54 bits per heavy atom. The van der Waals surface area contributed by atoms with Crippen molar-refractivity contribution >= 4 is 17.7 Å². The number of carbonyl (C=O) groups is 2. The van der Waals surface area contributed by atoms with Gasteiger partial charge in [0.05, 0.1) is 6.54 Å². The van der Waals surface area contributed by atoms with Crippen LogP contribution in [0, 0.1) is 5.82 Å². The first-order chi connectivity index (χ1) is 12.4. The van der Waals surface area contributed by atoms with Crippen molar-refractivity contribution in [1.82, 2.24) is 19.6 Å². The van der Waals surface area contributed by atoms with Gasteiger partial charge in [-0.05, 0) is 30.7 Å². The molecule has 1 unspecified atom stereocenters. The lowest BCUT2D eigenvalue weighted by atomic mass is 10.2. The summed E-state index contributed by atoms with van der Waals surface area (Å²) in [6, 6.07) is 8.33. The van der Waals surface area contributed by atoms with E-state index >= 15 is 0 Å². The lowest BCUT2D eigenvalue weighted by Gasteiger charge is -2.11. The number of anilines is 1. The quantitative estimate of drug-likeness (QED) is 0.704. The van der Waals surface area contributed by atoms with Gasteiger partial charge in [-0.3, -0.25) is 14.2 Å². The van der Waals surface area contributed by atoms with Crippen LogP contribution in [0.15, 0.2) is 48.8 Å². The summed E-state index contributed by atoms with van der Waals surface area (Å²) < 4.78 is 15.8. The maximum Gasteiger partial charge on any atom is 0.356 e. The van der Waals surface area contributed by atoms with Gasteiger partial charge in [0.15, 0.2) is 11.5 Å². The molecule has 3 rings (SSSR count). The summed E-state index contributed by atoms with van der Waals surface area (Å²) in [6.07, 6.45) is 3.13. The summed E-state index contributed by atoms with van der Waals surface area (Å²) in [6.45, 7) is 2.04. The topological polar surface area (TPSA) is 102 Å². The van der Waals surface area contributed by atoms with Gasteiger partial charge >= 0.3 is 5.97 Å². The van der Waals surface area contributed by atoms with E-state index < -0.39 is 12.0 Å². The number of benzene rings is 1. The molecule has 2 heterocycles. The van der Waals surface area contributed by atoms with Crippen LogP contribution in [0.4, 0.5) is 10.2 Å². The Morgan fingerprint density at radius 2 is 1.88 bits per heavy atom. The van der Waals surface area contributed by atoms with Crippen LogP contribution in [0.25, 0.3) is 0 Å². The van der Waals surface area contributed by atoms with Crippen molar-refractivity contribution in [3.05, 3.63) is 65.9 Å². The highest BCUT2D eigenvalue weighted by Gasteiger charge is 2.18. The van der Waals surface area contributed by atoms with E-state index in [0.29, 0.717) is 12.4 Å². The minimum Gasteiger partial charge on any atom is -0.476 e. The van der Waals surface area contributed by atoms with E-state index in [9.17, 15) is 14.0 Å². The number of aromatic nitrogens is 4. The number of hydrogen-bond donors (Lipinski definition) is 2. The van der Waals surface area contributed by atoms with Crippen molar-refractivity contribution in [2.24, 2.45) is 0 Å². The highest BCUT2D eigenvalue weighted by Crippen LogP contribution is 2.12. The van der Waals surface area contributed by atoms with Gasteiger partial charge in [0.2, 0.25) is 5.91 Å². The summed E-state index contributed by atoms with van der Waals surface area (Å²) in [5.74, 6) is -1.48. The molecule has 0 fully saturated rings. The number of nitrogens with zero attached hydrogens (tertiary/aromatic N) is 4. The number of rotatable bonds is 6. The number of aromatic carboxylic acids is 1. The van der Waals surface area contributed by atoms with Gasteiger partial charge in [-0.25, -0.2) is 9.18 Å². The molecule has 0 radical (unpaired) electrons. The Hall–Kier alpha value is -3.49. The monoisotopic (exact) mass is 357 g/mol. The average molecular weight is 357 g/mol. The Labute approximate surface area is 147 Å². The molecule has 0 spiro atoms. The highest BCUT2D eigenvalue weighted by atomic mass is 19.1. The minimum absolute atomic E-state index is 0.131. The van der Waals surface area contributed by atoms with E-state index in [1.54, 1.807) is 36.0 Å². The van der Waals surface area contributed by atoms with Crippen LogP contribution < -0.4 is 5.32 Å². The Balaban J connectivity index is 1.63. The molecule has 0 aliphatic rings. The van der Waals surface area contributed by atoms with Gasteiger partial charge in [0.25, 0.3) is 0 Å². The lowest BCUT2D eigenvalue weighted by Crippen LogP contribution is -2.24. The SMILES string of the molecule is CC(C(=O)Nc1ccn(Cc2ccc(F)cc2)n1)n1ccc(C(=O)O)n1. The Bertz CT molecular complexity index is 932. The summed E-state index contributed by atoms with van der Waals surface area (Å²) in [7, 11) is 0. The predicted molar refractivity (Wildman–Crippen MR) is 90.3 cm³/mol. The van der Waals surface area contributed by atoms with Crippen molar-refractivity contribution in [2.75, 3.05) is 5.32 Å². The normalized spacial score (nSPS) is 11.9. The number of amides is 1. The second kappa shape index (κ2) is 7.18. The third-order valence-corrected chi connectivity index (χ3v) is 3.75. The molecule has 1 aromatic carbocycles. The van der Waals surface area contributed by atoms with Gasteiger partial charge < -0.3 is 10.4 Å². The molecule has 2 N–H and O–H groups in total. The first-order valence-corrected chi connectivity index (χ1v) is 7.79. The predicted octanol–water partition coefficient (Wildman–Crippen LogP) is 2.16. The first-order valence-electron chi connectivity index (χ1n) is 7.79. The number of carboxylic acids is 1. The summed E-state index contributed by atoms with van der Waals surface area (Å²) in [5.41, 5.74) is 0.742. The highest BCUT2D eigenvalue weighted by molar-refractivity contribution is 5.92. The maximum absolute atomic E-state index is 12.9. The molecule has 3 aromatic rings. The largest absolute Gasteiger partial charge is 0.476 e. The molecule has 26 heavy (non-hydrogen) atoms. The van der Waals surface area contributed by atoms with Crippen molar-refractivity contribution in [3.63, 3.8) is 0 Å². The van der Waals surface area contributed by atoms with E-state index in [1.807, 2.05) is 0 Å². The second-order valence-electron chi connectivity index (χ2n) is 5.68. The molecule has 1 amide bonds. The third-order valence-electron chi connectivity index (χ3n) is 3.75. The maximum atomic E-state index is 12.9. The van der Waals surface area contributed by atoms with E-state index in [4.69, 9.17) is 5.11 Å². The van der Waals surface area contributed by atoms with Crippen LogP contribution >= 0.6 is 0 Å². The Kier molecular flexibility index (Phi) is 4.78. The average Bonchev–Trinajstić information content (AvgIpc) is 3.26. The van der Waals surface area contributed by atoms with Gasteiger partial charge in [-0.1, -0.05) is 12.1 Å². The molecule has 2 aromatic heterocycles. The van der Waals surface area contributed by atoms with E-state index in [-0.39, 0.29) is 17.4 Å². The smallest absolute Gasteiger partial charge is 0.356 e. The van der Waals surface area contributed by atoms with E-state index in [0.717, 1.165) is 5.56 Å².